The molecule has 0 radical (unpaired) electrons. The van der Waals surface area contributed by atoms with Crippen LogP contribution in [0.1, 0.15) is 42.0 Å². The largest absolute Gasteiger partial charge is 0.383 e. The van der Waals surface area contributed by atoms with Crippen LogP contribution in [0.15, 0.2) is 30.0 Å². The average molecular weight is 290 g/mol. The molecule has 20 heavy (non-hydrogen) atoms. The number of rotatable bonds is 3. The maximum absolute atomic E-state index is 12.4. The van der Waals surface area contributed by atoms with Crippen LogP contribution in [0.2, 0.25) is 0 Å². The van der Waals surface area contributed by atoms with Gasteiger partial charge in [-0.15, -0.1) is 11.3 Å². The van der Waals surface area contributed by atoms with Gasteiger partial charge in [-0.1, -0.05) is 26.8 Å². The highest BCUT2D eigenvalue weighted by molar-refractivity contribution is 7.10. The number of carbonyl (C=O) groups excluding carboxylic acids is 1. The fraction of sp³-hybridized carbons (Fsp3) is 0.357. The lowest BCUT2D eigenvalue weighted by atomic mass is 9.85. The molecule has 6 heteroatoms. The fourth-order valence-electron chi connectivity index (χ4n) is 1.89. The molecule has 0 saturated heterocycles. The van der Waals surface area contributed by atoms with Crippen LogP contribution in [0.5, 0.6) is 0 Å². The Balaban J connectivity index is 2.26. The first-order chi connectivity index (χ1) is 9.39. The molecule has 2 aromatic rings. The van der Waals surface area contributed by atoms with Crippen LogP contribution in [0.25, 0.3) is 0 Å². The minimum Gasteiger partial charge on any atom is -0.383 e. The van der Waals surface area contributed by atoms with Crippen molar-refractivity contribution in [1.29, 1.82) is 0 Å². The first kappa shape index (κ1) is 14.5. The van der Waals surface area contributed by atoms with Crippen molar-refractivity contribution < 1.29 is 4.79 Å². The van der Waals surface area contributed by atoms with Gasteiger partial charge < -0.3 is 11.1 Å². The molecule has 1 unspecified atom stereocenters. The maximum atomic E-state index is 12.4. The molecule has 0 aliphatic carbocycles. The average Bonchev–Trinajstić information content (AvgIpc) is 2.88. The van der Waals surface area contributed by atoms with Crippen molar-refractivity contribution in [1.82, 2.24) is 15.3 Å². The van der Waals surface area contributed by atoms with Crippen molar-refractivity contribution in [2.75, 3.05) is 5.73 Å². The Kier molecular flexibility index (Phi) is 4.04. The molecule has 3 N–H and O–H groups in total. The van der Waals surface area contributed by atoms with E-state index >= 15 is 0 Å². The van der Waals surface area contributed by atoms with Crippen LogP contribution >= 0.6 is 11.3 Å². The third-order valence-electron chi connectivity index (χ3n) is 2.96. The summed E-state index contributed by atoms with van der Waals surface area (Å²) in [6.07, 6.45) is 2.76. The van der Waals surface area contributed by atoms with E-state index < -0.39 is 0 Å². The van der Waals surface area contributed by atoms with E-state index in [2.05, 4.69) is 36.1 Å². The lowest BCUT2D eigenvalue weighted by molar-refractivity contribution is 0.0903. The summed E-state index contributed by atoms with van der Waals surface area (Å²) in [5.41, 5.74) is 5.91. The highest BCUT2D eigenvalue weighted by Crippen LogP contribution is 2.35. The normalized spacial score (nSPS) is 12.9. The van der Waals surface area contributed by atoms with Crippen LogP contribution in [0.4, 0.5) is 5.82 Å². The summed E-state index contributed by atoms with van der Waals surface area (Å²) in [6.45, 7) is 6.26. The van der Waals surface area contributed by atoms with Crippen molar-refractivity contribution in [3.8, 4) is 0 Å². The second-order valence-corrected chi connectivity index (χ2v) is 6.59. The van der Waals surface area contributed by atoms with Crippen LogP contribution < -0.4 is 11.1 Å². The molecule has 1 amide bonds. The molecule has 2 heterocycles. The monoisotopic (exact) mass is 290 g/mol. The van der Waals surface area contributed by atoms with Crippen LogP contribution in [0.3, 0.4) is 0 Å². The summed E-state index contributed by atoms with van der Waals surface area (Å²) in [4.78, 5) is 21.2. The molecule has 2 rings (SSSR count). The van der Waals surface area contributed by atoms with Gasteiger partial charge >= 0.3 is 0 Å². The Morgan fingerprint density at radius 1 is 1.45 bits per heavy atom. The zero-order chi connectivity index (χ0) is 14.8. The van der Waals surface area contributed by atoms with Gasteiger partial charge in [-0.25, -0.2) is 9.97 Å². The fourth-order valence-corrected chi connectivity index (χ4v) is 2.91. The van der Waals surface area contributed by atoms with Crippen molar-refractivity contribution in [3.63, 3.8) is 0 Å². The molecular formula is C14H18N4OS. The summed E-state index contributed by atoms with van der Waals surface area (Å²) in [5, 5.41) is 5.03. The van der Waals surface area contributed by atoms with Crippen LogP contribution in [-0.2, 0) is 0 Å². The Hall–Kier alpha value is -1.95. The SMILES string of the molecule is CC(C)(C)C(NC(=O)c1cncnc1N)c1cccs1. The number of anilines is 1. The number of hydrogen-bond donors (Lipinski definition) is 2. The second-order valence-electron chi connectivity index (χ2n) is 5.61. The Bertz CT molecular complexity index is 589. The van der Waals surface area contributed by atoms with E-state index in [9.17, 15) is 4.79 Å². The zero-order valence-electron chi connectivity index (χ0n) is 11.8. The highest BCUT2D eigenvalue weighted by Gasteiger charge is 2.29. The number of thiophene rings is 1. The smallest absolute Gasteiger partial charge is 0.257 e. The topological polar surface area (TPSA) is 80.9 Å². The van der Waals surface area contributed by atoms with Crippen molar-refractivity contribution in [3.05, 3.63) is 40.5 Å². The molecule has 106 valence electrons. The van der Waals surface area contributed by atoms with Gasteiger partial charge in [-0.3, -0.25) is 4.79 Å². The highest BCUT2D eigenvalue weighted by atomic mass is 32.1. The van der Waals surface area contributed by atoms with Crippen molar-refractivity contribution in [2.24, 2.45) is 5.41 Å². The van der Waals surface area contributed by atoms with Gasteiger partial charge in [0.25, 0.3) is 5.91 Å². The minimum atomic E-state index is -0.253. The third-order valence-corrected chi connectivity index (χ3v) is 3.89. The predicted molar refractivity (Wildman–Crippen MR) is 80.4 cm³/mol. The molecule has 1 atom stereocenters. The van der Waals surface area contributed by atoms with E-state index in [4.69, 9.17) is 5.73 Å². The van der Waals surface area contributed by atoms with Gasteiger partial charge in [-0.2, -0.15) is 0 Å². The second kappa shape index (κ2) is 5.58. The van der Waals surface area contributed by atoms with E-state index in [-0.39, 0.29) is 23.2 Å². The van der Waals surface area contributed by atoms with Gasteiger partial charge in [0.15, 0.2) is 0 Å². The van der Waals surface area contributed by atoms with Crippen molar-refractivity contribution in [2.45, 2.75) is 26.8 Å². The van der Waals surface area contributed by atoms with E-state index in [1.54, 1.807) is 11.3 Å². The summed E-state index contributed by atoms with van der Waals surface area (Å²) in [5.74, 6) is -0.0623. The van der Waals surface area contributed by atoms with Gasteiger partial charge in [-0.05, 0) is 16.9 Å². The lowest BCUT2D eigenvalue weighted by Crippen LogP contribution is -2.36. The number of nitrogens with two attached hydrogens (primary N) is 1. The van der Waals surface area contributed by atoms with Gasteiger partial charge in [0, 0.05) is 11.1 Å². The molecule has 0 spiro atoms. The molecular weight excluding hydrogens is 272 g/mol. The third kappa shape index (κ3) is 3.14. The zero-order valence-corrected chi connectivity index (χ0v) is 12.6. The van der Waals surface area contributed by atoms with E-state index in [1.165, 1.54) is 12.5 Å². The Morgan fingerprint density at radius 2 is 2.20 bits per heavy atom. The first-order valence-corrected chi connectivity index (χ1v) is 7.17. The van der Waals surface area contributed by atoms with E-state index in [0.717, 1.165) is 4.88 Å². The van der Waals surface area contributed by atoms with E-state index in [0.29, 0.717) is 5.56 Å². The number of nitrogens with one attached hydrogen (secondary N) is 1. The number of aromatic nitrogens is 2. The number of nitrogens with zero attached hydrogens (tertiary/aromatic N) is 2. The standard InChI is InChI=1S/C14H18N4OS/c1-14(2,3)11(10-5-4-6-20-10)18-13(19)9-7-16-8-17-12(9)15/h4-8,11H,1-3H3,(H,18,19)(H2,15,16,17). The lowest BCUT2D eigenvalue weighted by Gasteiger charge is -2.30. The molecule has 0 aliphatic rings. The quantitative estimate of drug-likeness (QED) is 0.910. The summed E-state index contributed by atoms with van der Waals surface area (Å²) >= 11 is 1.62. The van der Waals surface area contributed by atoms with Gasteiger partial charge in [0.05, 0.1) is 11.6 Å². The molecule has 0 aromatic carbocycles. The first-order valence-electron chi connectivity index (χ1n) is 6.29. The predicted octanol–water partition coefficient (Wildman–Crippen LogP) is 2.64. The minimum absolute atomic E-state index is 0.0883. The summed E-state index contributed by atoms with van der Waals surface area (Å²) in [6, 6.07) is 3.91. The maximum Gasteiger partial charge on any atom is 0.257 e. The Morgan fingerprint density at radius 3 is 2.75 bits per heavy atom. The number of hydrogen-bond acceptors (Lipinski definition) is 5. The summed E-state index contributed by atoms with van der Waals surface area (Å²) < 4.78 is 0. The molecule has 0 aliphatic heterocycles. The summed E-state index contributed by atoms with van der Waals surface area (Å²) in [7, 11) is 0. The Labute approximate surface area is 122 Å². The van der Waals surface area contributed by atoms with Crippen molar-refractivity contribution >= 4 is 23.1 Å². The number of carbonyl (C=O) groups is 1. The van der Waals surface area contributed by atoms with Crippen LogP contribution in [-0.4, -0.2) is 15.9 Å². The van der Waals surface area contributed by atoms with E-state index in [1.807, 2.05) is 17.5 Å². The molecule has 0 saturated carbocycles. The molecule has 5 nitrogen and oxygen atoms in total. The number of amides is 1. The molecule has 2 aromatic heterocycles. The molecule has 0 bridgehead atoms. The van der Waals surface area contributed by atoms with Crippen LogP contribution in [0, 0.1) is 5.41 Å². The van der Waals surface area contributed by atoms with Gasteiger partial charge in [0.1, 0.15) is 12.1 Å². The number of nitrogen functional groups attached to an aromatic ring is 1. The van der Waals surface area contributed by atoms with Gasteiger partial charge in [0.2, 0.25) is 0 Å². The molecule has 0 fully saturated rings.